The molecule has 0 aliphatic rings. The molecule has 0 saturated carbocycles. The van der Waals surface area contributed by atoms with Crippen LogP contribution < -0.4 is 0 Å². The minimum absolute atomic E-state index is 0.330. The van der Waals surface area contributed by atoms with Gasteiger partial charge in [-0.3, -0.25) is 4.98 Å². The third-order valence-electron chi connectivity index (χ3n) is 4.78. The van der Waals surface area contributed by atoms with Crippen molar-refractivity contribution in [2.75, 3.05) is 0 Å². The summed E-state index contributed by atoms with van der Waals surface area (Å²) in [7, 11) is 0. The summed E-state index contributed by atoms with van der Waals surface area (Å²) >= 11 is 0. The Hall–Kier alpha value is -2.34. The first-order chi connectivity index (χ1) is 12.1. The molecular weight excluding hydrogens is 341 g/mol. The number of aromatic amines is 1. The normalized spacial score (nSPS) is 15.2. The Morgan fingerprint density at radius 3 is 2.38 bits per heavy atom. The number of nitrogens with zero attached hydrogens (tertiary/aromatic N) is 1. The van der Waals surface area contributed by atoms with Gasteiger partial charge in [-0.15, -0.1) is 0 Å². The van der Waals surface area contributed by atoms with E-state index in [1.807, 2.05) is 6.07 Å². The highest BCUT2D eigenvalue weighted by Gasteiger charge is 2.55. The third-order valence-corrected chi connectivity index (χ3v) is 4.78. The highest BCUT2D eigenvalue weighted by molar-refractivity contribution is 5.79. The second-order valence-corrected chi connectivity index (χ2v) is 7.39. The fraction of sp³-hybridized carbons (Fsp3) is 0.350. The van der Waals surface area contributed by atoms with E-state index in [2.05, 4.69) is 9.97 Å². The highest BCUT2D eigenvalue weighted by Crippen LogP contribution is 2.43. The van der Waals surface area contributed by atoms with Gasteiger partial charge >= 0.3 is 6.18 Å². The smallest absolute Gasteiger partial charge is 0.380 e. The second kappa shape index (κ2) is 6.43. The number of hydrogen-bond donors (Lipinski definition) is 2. The predicted octanol–water partition coefficient (Wildman–Crippen LogP) is 4.77. The average molecular weight is 362 g/mol. The summed E-state index contributed by atoms with van der Waals surface area (Å²) < 4.78 is 41.4. The molecule has 2 aromatic heterocycles. The zero-order chi connectivity index (χ0) is 19.0. The Balaban J connectivity index is 1.93. The Bertz CT molecular complexity index is 854. The standard InChI is InChI=1S/C20H21F3N2O/c1-18(2,15-6-4-3-5-7-15)13-19(26,20(21,22)23)11-16-10-14-12-24-9-8-17(14)25-16/h3-10,12,25-26H,11,13H2,1-2H3. The number of fused-ring (bicyclic) bond motifs is 1. The van der Waals surface area contributed by atoms with Crippen molar-refractivity contribution >= 4 is 10.9 Å². The lowest BCUT2D eigenvalue weighted by Crippen LogP contribution is -2.50. The van der Waals surface area contributed by atoms with Gasteiger partial charge in [0, 0.05) is 35.4 Å². The number of nitrogens with one attached hydrogen (secondary N) is 1. The van der Waals surface area contributed by atoms with Crippen LogP contribution in [0.1, 0.15) is 31.5 Å². The SMILES string of the molecule is CC(C)(CC(O)(Cc1cc2cnccc2[nH]1)C(F)(F)F)c1ccccc1. The largest absolute Gasteiger partial charge is 0.417 e. The number of alkyl halides is 3. The van der Waals surface area contributed by atoms with Gasteiger partial charge in [0.2, 0.25) is 0 Å². The molecule has 1 unspecified atom stereocenters. The maximum Gasteiger partial charge on any atom is 0.417 e. The van der Waals surface area contributed by atoms with Gasteiger partial charge in [-0.2, -0.15) is 13.2 Å². The Morgan fingerprint density at radius 2 is 1.77 bits per heavy atom. The topological polar surface area (TPSA) is 48.9 Å². The van der Waals surface area contributed by atoms with Crippen molar-refractivity contribution in [3.8, 4) is 0 Å². The predicted molar refractivity (Wildman–Crippen MR) is 94.9 cm³/mol. The van der Waals surface area contributed by atoms with Crippen LogP contribution in [0.3, 0.4) is 0 Å². The quantitative estimate of drug-likeness (QED) is 0.687. The second-order valence-electron chi connectivity index (χ2n) is 7.39. The first-order valence-corrected chi connectivity index (χ1v) is 8.37. The summed E-state index contributed by atoms with van der Waals surface area (Å²) in [6.07, 6.45) is -2.59. The third kappa shape index (κ3) is 3.60. The molecule has 3 nitrogen and oxygen atoms in total. The van der Waals surface area contributed by atoms with E-state index in [0.29, 0.717) is 16.6 Å². The zero-order valence-electron chi connectivity index (χ0n) is 14.6. The van der Waals surface area contributed by atoms with E-state index in [4.69, 9.17) is 0 Å². The number of halogens is 3. The molecular formula is C20H21F3N2O. The van der Waals surface area contributed by atoms with Crippen LogP contribution >= 0.6 is 0 Å². The van der Waals surface area contributed by atoms with E-state index in [-0.39, 0.29) is 0 Å². The lowest BCUT2D eigenvalue weighted by Gasteiger charge is -2.37. The summed E-state index contributed by atoms with van der Waals surface area (Å²) in [5, 5.41) is 11.4. The van der Waals surface area contributed by atoms with Crippen LogP contribution in [-0.2, 0) is 11.8 Å². The van der Waals surface area contributed by atoms with Crippen LogP contribution in [0.4, 0.5) is 13.2 Å². The molecule has 26 heavy (non-hydrogen) atoms. The maximum atomic E-state index is 13.8. The molecule has 1 atom stereocenters. The summed E-state index contributed by atoms with van der Waals surface area (Å²) in [6, 6.07) is 12.3. The molecule has 0 aliphatic carbocycles. The van der Waals surface area contributed by atoms with E-state index >= 15 is 0 Å². The zero-order valence-corrected chi connectivity index (χ0v) is 14.6. The van der Waals surface area contributed by atoms with Gasteiger partial charge in [0.05, 0.1) is 0 Å². The van der Waals surface area contributed by atoms with E-state index in [1.165, 1.54) is 0 Å². The molecule has 0 fully saturated rings. The number of rotatable bonds is 5. The monoisotopic (exact) mass is 362 g/mol. The minimum Gasteiger partial charge on any atom is -0.380 e. The maximum absolute atomic E-state index is 13.8. The van der Waals surface area contributed by atoms with Crippen molar-refractivity contribution in [3.63, 3.8) is 0 Å². The fourth-order valence-electron chi connectivity index (χ4n) is 3.43. The van der Waals surface area contributed by atoms with Crippen molar-refractivity contribution in [1.29, 1.82) is 0 Å². The number of aromatic nitrogens is 2. The minimum atomic E-state index is -4.76. The Morgan fingerprint density at radius 1 is 1.08 bits per heavy atom. The Labute approximate surface area is 149 Å². The summed E-state index contributed by atoms with van der Waals surface area (Å²) in [5.74, 6) is 0. The first kappa shape index (κ1) is 18.5. The molecule has 6 heteroatoms. The molecule has 3 aromatic rings. The summed E-state index contributed by atoms with van der Waals surface area (Å²) in [6.45, 7) is 3.43. The van der Waals surface area contributed by atoms with Crippen molar-refractivity contribution in [1.82, 2.24) is 9.97 Å². The van der Waals surface area contributed by atoms with Gasteiger partial charge in [-0.25, -0.2) is 0 Å². The van der Waals surface area contributed by atoms with Gasteiger partial charge in [0.15, 0.2) is 5.60 Å². The van der Waals surface area contributed by atoms with Crippen LogP contribution in [0.25, 0.3) is 10.9 Å². The number of aliphatic hydroxyl groups is 1. The molecule has 1 aromatic carbocycles. The highest BCUT2D eigenvalue weighted by atomic mass is 19.4. The molecule has 0 bridgehead atoms. The van der Waals surface area contributed by atoms with Crippen molar-refractivity contribution in [2.24, 2.45) is 0 Å². The van der Waals surface area contributed by atoms with Crippen LogP contribution in [0, 0.1) is 0 Å². The number of hydrogen-bond acceptors (Lipinski definition) is 2. The summed E-state index contributed by atoms with van der Waals surface area (Å²) in [4.78, 5) is 6.91. The van der Waals surface area contributed by atoms with Crippen LogP contribution in [-0.4, -0.2) is 26.9 Å². The molecule has 0 radical (unpaired) electrons. The molecule has 3 rings (SSSR count). The molecule has 0 saturated heterocycles. The molecule has 0 spiro atoms. The van der Waals surface area contributed by atoms with E-state index in [0.717, 1.165) is 5.56 Å². The molecule has 138 valence electrons. The van der Waals surface area contributed by atoms with E-state index in [1.54, 1.807) is 62.6 Å². The lowest BCUT2D eigenvalue weighted by atomic mass is 9.73. The number of H-pyrrole nitrogens is 1. The van der Waals surface area contributed by atoms with Gasteiger partial charge in [0.25, 0.3) is 0 Å². The van der Waals surface area contributed by atoms with Crippen LogP contribution in [0.2, 0.25) is 0 Å². The average Bonchev–Trinajstić information content (AvgIpc) is 2.96. The number of pyridine rings is 1. The molecule has 2 N–H and O–H groups in total. The van der Waals surface area contributed by atoms with Gasteiger partial charge in [0.1, 0.15) is 0 Å². The van der Waals surface area contributed by atoms with Gasteiger partial charge in [-0.05, 0) is 29.5 Å². The van der Waals surface area contributed by atoms with Crippen LogP contribution in [0.5, 0.6) is 0 Å². The molecule has 0 aliphatic heterocycles. The van der Waals surface area contributed by atoms with E-state index in [9.17, 15) is 18.3 Å². The molecule has 0 amide bonds. The lowest BCUT2D eigenvalue weighted by molar-refractivity contribution is -0.266. The number of benzene rings is 1. The molecule has 2 heterocycles. The van der Waals surface area contributed by atoms with Crippen molar-refractivity contribution < 1.29 is 18.3 Å². The van der Waals surface area contributed by atoms with Gasteiger partial charge in [-0.1, -0.05) is 44.2 Å². The first-order valence-electron chi connectivity index (χ1n) is 8.37. The van der Waals surface area contributed by atoms with E-state index < -0.39 is 30.0 Å². The summed E-state index contributed by atoms with van der Waals surface area (Å²) in [5.41, 5.74) is -1.92. The van der Waals surface area contributed by atoms with Crippen LogP contribution in [0.15, 0.2) is 54.9 Å². The fourth-order valence-corrected chi connectivity index (χ4v) is 3.43. The van der Waals surface area contributed by atoms with Crippen molar-refractivity contribution in [2.45, 2.75) is 43.9 Å². The van der Waals surface area contributed by atoms with Crippen molar-refractivity contribution in [3.05, 3.63) is 66.1 Å². The Kier molecular flexibility index (Phi) is 4.56. The van der Waals surface area contributed by atoms with Gasteiger partial charge < -0.3 is 10.1 Å².